The first-order valence-electron chi connectivity index (χ1n) is 6.25. The molecule has 0 saturated carbocycles. The molecule has 1 fully saturated rings. The van der Waals surface area contributed by atoms with Gasteiger partial charge in [0.1, 0.15) is 11.4 Å². The summed E-state index contributed by atoms with van der Waals surface area (Å²) in [6.07, 6.45) is 6.27. The molecule has 0 bridgehead atoms. The van der Waals surface area contributed by atoms with Crippen molar-refractivity contribution in [3.8, 4) is 12.3 Å². The summed E-state index contributed by atoms with van der Waals surface area (Å²) in [7, 11) is 0. The summed E-state index contributed by atoms with van der Waals surface area (Å²) in [6.45, 7) is 6.73. The molecule has 0 aromatic carbocycles. The average molecular weight is 251 g/mol. The van der Waals surface area contributed by atoms with Crippen molar-refractivity contribution in [2.24, 2.45) is 5.92 Å². The molecule has 0 radical (unpaired) electrons. The second-order valence-corrected chi connectivity index (χ2v) is 5.70. The Labute approximate surface area is 109 Å². The van der Waals surface area contributed by atoms with E-state index < -0.39 is 5.60 Å². The van der Waals surface area contributed by atoms with Crippen LogP contribution in [0, 0.1) is 18.3 Å². The van der Waals surface area contributed by atoms with Crippen molar-refractivity contribution in [1.82, 2.24) is 4.90 Å². The van der Waals surface area contributed by atoms with Gasteiger partial charge in [0.2, 0.25) is 0 Å². The van der Waals surface area contributed by atoms with E-state index in [0.717, 1.165) is 0 Å². The molecule has 0 unspecified atom stereocenters. The van der Waals surface area contributed by atoms with Crippen molar-refractivity contribution in [2.75, 3.05) is 13.1 Å². The lowest BCUT2D eigenvalue weighted by molar-refractivity contribution is -0.121. The minimum Gasteiger partial charge on any atom is -0.444 e. The van der Waals surface area contributed by atoms with Crippen LogP contribution in [-0.4, -0.2) is 35.5 Å². The molecular formula is C14H21NO3. The molecule has 0 aliphatic carbocycles. The minimum atomic E-state index is -0.467. The molecule has 18 heavy (non-hydrogen) atoms. The molecule has 1 rings (SSSR count). The number of amides is 1. The fraction of sp³-hybridized carbons (Fsp3) is 0.714. The molecule has 1 saturated heterocycles. The van der Waals surface area contributed by atoms with Crippen molar-refractivity contribution >= 4 is 11.9 Å². The molecule has 100 valence electrons. The van der Waals surface area contributed by atoms with Gasteiger partial charge in [0.05, 0.1) is 0 Å². The van der Waals surface area contributed by atoms with E-state index >= 15 is 0 Å². The second kappa shape index (κ2) is 5.90. The zero-order valence-electron chi connectivity index (χ0n) is 11.4. The van der Waals surface area contributed by atoms with E-state index in [1.165, 1.54) is 0 Å². The van der Waals surface area contributed by atoms with Crippen LogP contribution in [0.2, 0.25) is 0 Å². The number of hydrogen-bond acceptors (Lipinski definition) is 3. The molecule has 0 atom stereocenters. The first-order chi connectivity index (χ1) is 8.31. The number of Topliss-reactive ketones (excluding diaryl/α,β-unsaturated/α-hetero) is 1. The van der Waals surface area contributed by atoms with Crippen molar-refractivity contribution in [1.29, 1.82) is 0 Å². The molecule has 0 spiro atoms. The number of rotatable bonds is 4. The van der Waals surface area contributed by atoms with E-state index in [1.54, 1.807) is 4.90 Å². The second-order valence-electron chi connectivity index (χ2n) is 5.70. The quantitative estimate of drug-likeness (QED) is 0.720. The van der Waals surface area contributed by atoms with E-state index in [0.29, 0.717) is 32.4 Å². The van der Waals surface area contributed by atoms with Crippen LogP contribution in [0.25, 0.3) is 0 Å². The molecular weight excluding hydrogens is 230 g/mol. The van der Waals surface area contributed by atoms with E-state index in [4.69, 9.17) is 11.2 Å². The molecule has 1 heterocycles. The van der Waals surface area contributed by atoms with Crippen LogP contribution in [0.15, 0.2) is 0 Å². The van der Waals surface area contributed by atoms with Gasteiger partial charge < -0.3 is 9.64 Å². The SMILES string of the molecule is C#CCCC(=O)CC1CN(C(=O)OC(C)(C)C)C1. The number of carbonyl (C=O) groups is 2. The van der Waals surface area contributed by atoms with Gasteiger partial charge in [0.25, 0.3) is 0 Å². The van der Waals surface area contributed by atoms with Crippen LogP contribution in [0.3, 0.4) is 0 Å². The van der Waals surface area contributed by atoms with E-state index in [-0.39, 0.29) is 17.8 Å². The molecule has 4 heteroatoms. The van der Waals surface area contributed by atoms with Crippen LogP contribution in [-0.2, 0) is 9.53 Å². The monoisotopic (exact) mass is 251 g/mol. The fourth-order valence-electron chi connectivity index (χ4n) is 1.81. The molecule has 4 nitrogen and oxygen atoms in total. The van der Waals surface area contributed by atoms with Crippen LogP contribution in [0.1, 0.15) is 40.0 Å². The molecule has 0 aromatic rings. The van der Waals surface area contributed by atoms with Gasteiger partial charge in [-0.1, -0.05) is 0 Å². The summed E-state index contributed by atoms with van der Waals surface area (Å²) in [6, 6.07) is 0. The maximum Gasteiger partial charge on any atom is 0.410 e. The lowest BCUT2D eigenvalue weighted by Gasteiger charge is -2.39. The Bertz CT molecular complexity index is 356. The zero-order valence-corrected chi connectivity index (χ0v) is 11.4. The van der Waals surface area contributed by atoms with E-state index in [2.05, 4.69) is 5.92 Å². The number of terminal acetylenes is 1. The average Bonchev–Trinajstić information content (AvgIpc) is 2.16. The summed E-state index contributed by atoms with van der Waals surface area (Å²) < 4.78 is 5.24. The van der Waals surface area contributed by atoms with Crippen LogP contribution < -0.4 is 0 Å². The largest absolute Gasteiger partial charge is 0.444 e. The Morgan fingerprint density at radius 2 is 2.00 bits per heavy atom. The highest BCUT2D eigenvalue weighted by Crippen LogP contribution is 2.22. The van der Waals surface area contributed by atoms with Gasteiger partial charge in [-0.25, -0.2) is 4.79 Å². The highest BCUT2D eigenvalue weighted by molar-refractivity contribution is 5.79. The van der Waals surface area contributed by atoms with Gasteiger partial charge in [-0.15, -0.1) is 12.3 Å². The third kappa shape index (κ3) is 4.79. The maximum absolute atomic E-state index is 11.6. The van der Waals surface area contributed by atoms with E-state index in [9.17, 15) is 9.59 Å². The van der Waals surface area contributed by atoms with Gasteiger partial charge in [0.15, 0.2) is 0 Å². The predicted octanol–water partition coefficient (Wildman–Crippen LogP) is 2.23. The lowest BCUT2D eigenvalue weighted by atomic mass is 9.93. The van der Waals surface area contributed by atoms with Gasteiger partial charge in [-0.3, -0.25) is 4.79 Å². The highest BCUT2D eigenvalue weighted by Gasteiger charge is 2.34. The van der Waals surface area contributed by atoms with Gasteiger partial charge in [-0.2, -0.15) is 0 Å². The number of nitrogens with zero attached hydrogens (tertiary/aromatic N) is 1. The smallest absolute Gasteiger partial charge is 0.410 e. The third-order valence-corrected chi connectivity index (χ3v) is 2.67. The molecule has 0 aromatic heterocycles. The summed E-state index contributed by atoms with van der Waals surface area (Å²) >= 11 is 0. The molecule has 1 aliphatic heterocycles. The van der Waals surface area contributed by atoms with Crippen LogP contribution >= 0.6 is 0 Å². The summed E-state index contributed by atoms with van der Waals surface area (Å²) in [5, 5.41) is 0. The van der Waals surface area contributed by atoms with Gasteiger partial charge in [-0.05, 0) is 20.8 Å². The van der Waals surface area contributed by atoms with Gasteiger partial charge in [0, 0.05) is 38.3 Å². The molecule has 1 amide bonds. The highest BCUT2D eigenvalue weighted by atomic mass is 16.6. The van der Waals surface area contributed by atoms with Gasteiger partial charge >= 0.3 is 6.09 Å². The minimum absolute atomic E-state index is 0.182. The van der Waals surface area contributed by atoms with E-state index in [1.807, 2.05) is 20.8 Å². The first-order valence-corrected chi connectivity index (χ1v) is 6.25. The normalized spacial score (nSPS) is 15.8. The van der Waals surface area contributed by atoms with Crippen molar-refractivity contribution in [3.63, 3.8) is 0 Å². The number of carbonyl (C=O) groups excluding carboxylic acids is 2. The van der Waals surface area contributed by atoms with Crippen molar-refractivity contribution < 1.29 is 14.3 Å². The topological polar surface area (TPSA) is 46.6 Å². The third-order valence-electron chi connectivity index (χ3n) is 2.67. The zero-order chi connectivity index (χ0) is 13.8. The predicted molar refractivity (Wildman–Crippen MR) is 69.0 cm³/mol. The Kier molecular flexibility index (Phi) is 4.77. The molecule has 1 aliphatic rings. The Morgan fingerprint density at radius 1 is 1.39 bits per heavy atom. The van der Waals surface area contributed by atoms with Crippen molar-refractivity contribution in [2.45, 2.75) is 45.6 Å². The van der Waals surface area contributed by atoms with Crippen LogP contribution in [0.5, 0.6) is 0 Å². The summed E-state index contributed by atoms with van der Waals surface area (Å²) in [4.78, 5) is 24.7. The van der Waals surface area contributed by atoms with Crippen LogP contribution in [0.4, 0.5) is 4.79 Å². The summed E-state index contributed by atoms with van der Waals surface area (Å²) in [5.41, 5.74) is -0.467. The number of ketones is 1. The number of likely N-dealkylation sites (tertiary alicyclic amines) is 1. The Balaban J connectivity index is 2.22. The number of ether oxygens (including phenoxy) is 1. The molecule has 0 N–H and O–H groups in total. The Morgan fingerprint density at radius 3 is 2.50 bits per heavy atom. The number of hydrogen-bond donors (Lipinski definition) is 0. The Hall–Kier alpha value is -1.50. The maximum atomic E-state index is 11.6. The fourth-order valence-corrected chi connectivity index (χ4v) is 1.81. The summed E-state index contributed by atoms with van der Waals surface area (Å²) in [5.74, 6) is 2.90. The first kappa shape index (κ1) is 14.6. The van der Waals surface area contributed by atoms with Crippen molar-refractivity contribution in [3.05, 3.63) is 0 Å². The lowest BCUT2D eigenvalue weighted by Crippen LogP contribution is -2.52. The standard InChI is InChI=1S/C14H21NO3/c1-5-6-7-12(16)8-11-9-15(10-11)13(17)18-14(2,3)4/h1,11H,6-10H2,2-4H3.